The maximum atomic E-state index is 8.12. The molecule has 0 unspecified atom stereocenters. The molecular formula is C7H12HgIN. The molecule has 3 heteroatoms. The van der Waals surface area contributed by atoms with E-state index in [1.54, 1.807) is 6.08 Å². The van der Waals surface area contributed by atoms with E-state index in [0.717, 1.165) is 6.42 Å². The predicted molar refractivity (Wildman–Crippen MR) is 35.8 cm³/mol. The largest absolute Gasteiger partial charge is 1.00 e. The molecule has 0 aromatic heterocycles. The Morgan fingerprint density at radius 3 is 1.90 bits per heavy atom. The molecule has 0 saturated carbocycles. The summed E-state index contributed by atoms with van der Waals surface area (Å²) in [5, 5.41) is 8.12. The molecule has 1 nitrogen and oxygen atoms in total. The Kier molecular flexibility index (Phi) is 14.2. The normalized spacial score (nSPS) is 8.30. The van der Waals surface area contributed by atoms with E-state index in [9.17, 15) is 0 Å². The fourth-order valence-corrected chi connectivity index (χ4v) is 0.352. The van der Waals surface area contributed by atoms with Crippen LogP contribution in [0, 0.1) is 5.41 Å². The molecule has 0 amide bonds. The molecule has 0 N–H and O–H groups in total. The van der Waals surface area contributed by atoms with Gasteiger partial charge in [0.15, 0.2) is 0 Å². The summed E-state index contributed by atoms with van der Waals surface area (Å²) < 4.78 is 0. The number of halogens is 1. The number of hydrogen-bond donors (Lipinski definition) is 0. The summed E-state index contributed by atoms with van der Waals surface area (Å²) in [6, 6.07) is 0. The zero-order valence-electron chi connectivity index (χ0n) is 6.82. The van der Waals surface area contributed by atoms with Crippen LogP contribution in [0.3, 0.4) is 0 Å². The second kappa shape index (κ2) is 8.21. The molecule has 0 atom stereocenters. The van der Waals surface area contributed by atoms with Crippen molar-refractivity contribution in [3.63, 3.8) is 0 Å². The van der Waals surface area contributed by atoms with Gasteiger partial charge in [0.1, 0.15) is 0 Å². The van der Waals surface area contributed by atoms with Crippen molar-refractivity contribution < 1.29 is 51.6 Å². The third-order valence-electron chi connectivity index (χ3n) is 0.806. The fraction of sp³-hybridized carbons (Fsp3) is 0.714. The third-order valence-corrected chi connectivity index (χ3v) is 0.806. The Labute approximate surface area is 101 Å². The smallest absolute Gasteiger partial charge is 1.00 e. The first-order valence-electron chi connectivity index (χ1n) is 2.77. The van der Waals surface area contributed by atoms with Crippen LogP contribution in [0.5, 0.6) is 0 Å². The van der Waals surface area contributed by atoms with E-state index in [1.165, 1.54) is 0 Å². The van der Waals surface area contributed by atoms with Gasteiger partial charge in [-0.15, -0.1) is 0 Å². The Bertz CT molecular complexity index is 111. The van der Waals surface area contributed by atoms with E-state index < -0.39 is 0 Å². The summed E-state index contributed by atoms with van der Waals surface area (Å²) in [6.45, 7) is 6.34. The van der Waals surface area contributed by atoms with E-state index in [0.29, 0.717) is 0 Å². The average molecular weight is 438 g/mol. The quantitative estimate of drug-likeness (QED) is 0.269. The van der Waals surface area contributed by atoms with Crippen LogP contribution in [-0.2, 0) is 27.7 Å². The van der Waals surface area contributed by atoms with Gasteiger partial charge >= 0.3 is 27.7 Å². The summed E-state index contributed by atoms with van der Waals surface area (Å²) in [7, 11) is 0. The van der Waals surface area contributed by atoms with Gasteiger partial charge in [-0.05, 0) is 17.9 Å². The van der Waals surface area contributed by atoms with Crippen molar-refractivity contribution in [1.29, 1.82) is 0 Å². The van der Waals surface area contributed by atoms with Gasteiger partial charge in [-0.3, -0.25) is 0 Å². The molecule has 54 valence electrons. The van der Waals surface area contributed by atoms with Gasteiger partial charge in [0.05, 0.1) is 0 Å². The van der Waals surface area contributed by atoms with E-state index in [1.807, 2.05) is 5.87 Å². The molecule has 0 saturated heterocycles. The summed E-state index contributed by atoms with van der Waals surface area (Å²) in [6.07, 6.45) is 2.52. The zero-order valence-corrected chi connectivity index (χ0v) is 14.5. The zero-order chi connectivity index (χ0) is 6.62. The van der Waals surface area contributed by atoms with Gasteiger partial charge in [-0.25, -0.2) is 0 Å². The van der Waals surface area contributed by atoms with Crippen LogP contribution in [-0.4, -0.2) is 5.87 Å². The average Bonchev–Trinajstić information content (AvgIpc) is 1.59. The molecule has 0 heterocycles. The molecular weight excluding hydrogens is 426 g/mol. The van der Waals surface area contributed by atoms with Gasteiger partial charge < -0.3 is 24.0 Å². The number of nitrogens with zero attached hydrogens (tertiary/aromatic N) is 1. The Morgan fingerprint density at radius 1 is 1.40 bits per heavy atom. The molecule has 10 heavy (non-hydrogen) atoms. The van der Waals surface area contributed by atoms with Crippen molar-refractivity contribution in [3.8, 4) is 0 Å². The second-order valence-electron chi connectivity index (χ2n) is 3.10. The first-order chi connectivity index (χ1) is 3.56. The van der Waals surface area contributed by atoms with Gasteiger partial charge in [0.2, 0.25) is 0 Å². The molecule has 0 aliphatic rings. The minimum atomic E-state index is 0. The van der Waals surface area contributed by atoms with Crippen molar-refractivity contribution in [2.75, 3.05) is 0 Å². The fourth-order valence-electron chi connectivity index (χ4n) is 0.352. The minimum Gasteiger partial charge on any atom is -1.00 e. The molecule has 0 bridgehead atoms. The Hall–Kier alpha value is 1.12. The van der Waals surface area contributed by atoms with Gasteiger partial charge in [-0.1, -0.05) is 26.2 Å². The van der Waals surface area contributed by atoms with Crippen molar-refractivity contribution in [2.24, 2.45) is 5.41 Å². The van der Waals surface area contributed by atoms with Crippen LogP contribution in [0.25, 0.3) is 0 Å². The summed E-state index contributed by atoms with van der Waals surface area (Å²) in [5.74, 6) is 2.00. The second-order valence-corrected chi connectivity index (χ2v) is 3.10. The Balaban J connectivity index is -0.000000245. The summed E-state index contributed by atoms with van der Waals surface area (Å²) in [5.41, 5.74) is 0.274. The van der Waals surface area contributed by atoms with Crippen LogP contribution >= 0.6 is 0 Å². The first kappa shape index (κ1) is 17.3. The molecule has 0 aromatic carbocycles. The van der Waals surface area contributed by atoms with Crippen LogP contribution in [0.4, 0.5) is 0 Å². The van der Waals surface area contributed by atoms with E-state index in [4.69, 9.17) is 5.41 Å². The molecule has 0 aromatic rings. The monoisotopic (exact) mass is 439 g/mol. The number of allylic oxidation sites excluding steroid dienone is 1. The number of hydrogen-bond acceptors (Lipinski definition) is 0. The summed E-state index contributed by atoms with van der Waals surface area (Å²) in [4.78, 5) is 0. The van der Waals surface area contributed by atoms with Crippen LogP contribution in [0.15, 0.2) is 6.08 Å². The molecule has 0 rings (SSSR count). The van der Waals surface area contributed by atoms with Crippen LogP contribution in [0.1, 0.15) is 27.2 Å². The first-order valence-corrected chi connectivity index (χ1v) is 2.77. The van der Waals surface area contributed by atoms with Gasteiger partial charge in [0, 0.05) is 5.87 Å². The van der Waals surface area contributed by atoms with Crippen LogP contribution in [0.2, 0.25) is 0 Å². The molecule has 0 spiro atoms. The van der Waals surface area contributed by atoms with Crippen LogP contribution < -0.4 is 29.4 Å². The SMILES string of the molecule is CC(C)(C)CC=C=[N].[Hg+].[I-]. The van der Waals surface area contributed by atoms with E-state index in [-0.39, 0.29) is 57.1 Å². The maximum Gasteiger partial charge on any atom is 1.00 e. The minimum absolute atomic E-state index is 0. The third kappa shape index (κ3) is 16.1. The standard InChI is InChI=1S/C7H12N.Hg.HI/c1-7(2,3)5-4-6-8;;/h4H,5H2,1-3H3;;1H/q;+1;/p-1. The topological polar surface area (TPSA) is 22.3 Å². The summed E-state index contributed by atoms with van der Waals surface area (Å²) >= 11 is 0. The van der Waals surface area contributed by atoms with E-state index >= 15 is 0 Å². The molecule has 0 aliphatic heterocycles. The molecule has 2 radical (unpaired) electrons. The maximum absolute atomic E-state index is 8.12. The number of rotatable bonds is 1. The van der Waals surface area contributed by atoms with Gasteiger partial charge in [-0.2, -0.15) is 0 Å². The van der Waals surface area contributed by atoms with Crippen molar-refractivity contribution in [1.82, 2.24) is 5.41 Å². The van der Waals surface area contributed by atoms with Gasteiger partial charge in [0.25, 0.3) is 0 Å². The van der Waals surface area contributed by atoms with Crippen molar-refractivity contribution in [2.45, 2.75) is 27.2 Å². The predicted octanol–water partition coefficient (Wildman–Crippen LogP) is -1.55. The van der Waals surface area contributed by atoms with Crippen molar-refractivity contribution in [3.05, 3.63) is 6.08 Å². The molecule has 0 fully saturated rings. The van der Waals surface area contributed by atoms with Crippen molar-refractivity contribution >= 4 is 5.87 Å². The molecule has 0 aliphatic carbocycles. The Morgan fingerprint density at radius 2 is 1.80 bits per heavy atom. The van der Waals surface area contributed by atoms with E-state index in [2.05, 4.69) is 20.8 Å².